The van der Waals surface area contributed by atoms with Gasteiger partial charge in [-0.15, -0.1) is 0 Å². The van der Waals surface area contributed by atoms with Crippen LogP contribution in [-0.4, -0.2) is 58.1 Å². The van der Waals surface area contributed by atoms with Crippen molar-refractivity contribution in [2.24, 2.45) is 0 Å². The number of aromatic amines is 2. The van der Waals surface area contributed by atoms with E-state index in [-0.39, 0.29) is 5.56 Å². The van der Waals surface area contributed by atoms with Crippen LogP contribution >= 0.6 is 0 Å². The van der Waals surface area contributed by atoms with Gasteiger partial charge in [-0.2, -0.15) is 0 Å². The molecule has 0 bridgehead atoms. The van der Waals surface area contributed by atoms with E-state index >= 15 is 0 Å². The molecular weight excluding hydrogens is 366 g/mol. The first-order valence-electron chi connectivity index (χ1n) is 9.69. The van der Waals surface area contributed by atoms with Gasteiger partial charge in [-0.25, -0.2) is 4.98 Å². The van der Waals surface area contributed by atoms with E-state index < -0.39 is 0 Å². The number of pyridine rings is 2. The van der Waals surface area contributed by atoms with Gasteiger partial charge < -0.3 is 25.5 Å². The summed E-state index contributed by atoms with van der Waals surface area (Å²) in [5, 5.41) is 0. The van der Waals surface area contributed by atoms with Gasteiger partial charge in [0, 0.05) is 31.0 Å². The summed E-state index contributed by atoms with van der Waals surface area (Å²) in [5.41, 5.74) is 10.7. The van der Waals surface area contributed by atoms with E-state index in [4.69, 9.17) is 5.73 Å². The number of imidazole rings is 1. The van der Waals surface area contributed by atoms with Crippen LogP contribution in [0.5, 0.6) is 0 Å². The van der Waals surface area contributed by atoms with Crippen molar-refractivity contribution in [3.05, 3.63) is 46.9 Å². The first-order chi connectivity index (χ1) is 14.0. The lowest BCUT2D eigenvalue weighted by Crippen LogP contribution is -2.31. The SMILES string of the molecule is CN(C)C1CCN(c2ccc3[nH]c(-c4c(N)c5ncccc5[nH]c4=O)nc3c2)C1. The molecule has 1 atom stereocenters. The minimum Gasteiger partial charge on any atom is -0.396 e. The Morgan fingerprint density at radius 1 is 1.21 bits per heavy atom. The molecule has 8 nitrogen and oxygen atoms in total. The van der Waals surface area contributed by atoms with E-state index in [1.165, 1.54) is 0 Å². The molecule has 0 amide bonds. The van der Waals surface area contributed by atoms with Crippen LogP contribution < -0.4 is 16.2 Å². The van der Waals surface area contributed by atoms with E-state index in [9.17, 15) is 4.79 Å². The summed E-state index contributed by atoms with van der Waals surface area (Å²) in [6, 6.07) is 10.3. The van der Waals surface area contributed by atoms with Gasteiger partial charge in [0.2, 0.25) is 0 Å². The summed E-state index contributed by atoms with van der Waals surface area (Å²) in [6.07, 6.45) is 2.80. The van der Waals surface area contributed by atoms with E-state index in [0.29, 0.717) is 34.2 Å². The number of H-pyrrole nitrogens is 2. The Kier molecular flexibility index (Phi) is 4.02. The number of hydrogen-bond donors (Lipinski definition) is 3. The lowest BCUT2D eigenvalue weighted by atomic mass is 10.2. The molecule has 1 aliphatic rings. The second kappa shape index (κ2) is 6.59. The second-order valence-electron chi connectivity index (χ2n) is 7.78. The lowest BCUT2D eigenvalue weighted by Gasteiger charge is -2.21. The van der Waals surface area contributed by atoms with E-state index in [0.717, 1.165) is 36.2 Å². The Bertz CT molecular complexity index is 1270. The molecule has 0 saturated carbocycles. The molecule has 1 aromatic carbocycles. The number of fused-ring (bicyclic) bond motifs is 2. The fraction of sp³-hybridized carbons (Fsp3) is 0.286. The van der Waals surface area contributed by atoms with Crippen LogP contribution in [0.1, 0.15) is 6.42 Å². The Morgan fingerprint density at radius 3 is 2.86 bits per heavy atom. The van der Waals surface area contributed by atoms with Gasteiger partial charge in [0.1, 0.15) is 16.9 Å². The Morgan fingerprint density at radius 2 is 2.07 bits per heavy atom. The molecule has 1 unspecified atom stereocenters. The largest absolute Gasteiger partial charge is 0.396 e. The Hall–Kier alpha value is -3.39. The number of aromatic nitrogens is 4. The van der Waals surface area contributed by atoms with Crippen molar-refractivity contribution >= 4 is 33.4 Å². The molecule has 29 heavy (non-hydrogen) atoms. The first kappa shape index (κ1) is 17.7. The summed E-state index contributed by atoms with van der Waals surface area (Å²) in [4.78, 5) is 32.4. The second-order valence-corrected chi connectivity index (χ2v) is 7.78. The normalized spacial score (nSPS) is 17.1. The van der Waals surface area contributed by atoms with Crippen molar-refractivity contribution in [1.29, 1.82) is 0 Å². The Balaban J connectivity index is 1.56. The molecule has 0 spiro atoms. The molecular formula is C21H23N7O. The van der Waals surface area contributed by atoms with Crippen LogP contribution in [0.2, 0.25) is 0 Å². The molecule has 0 radical (unpaired) electrons. The zero-order valence-corrected chi connectivity index (χ0v) is 16.4. The Labute approximate surface area is 167 Å². The summed E-state index contributed by atoms with van der Waals surface area (Å²) in [6.45, 7) is 2.02. The fourth-order valence-corrected chi connectivity index (χ4v) is 4.09. The number of benzene rings is 1. The lowest BCUT2D eigenvalue weighted by molar-refractivity contribution is 0.315. The fourth-order valence-electron chi connectivity index (χ4n) is 4.09. The number of nitrogens with two attached hydrogens (primary N) is 1. The number of nitrogen functional groups attached to an aromatic ring is 1. The molecule has 3 aromatic heterocycles. The molecule has 148 valence electrons. The van der Waals surface area contributed by atoms with Crippen LogP contribution in [0.25, 0.3) is 33.5 Å². The maximum atomic E-state index is 12.7. The number of hydrogen-bond acceptors (Lipinski definition) is 6. The van der Waals surface area contributed by atoms with Crippen molar-refractivity contribution in [2.45, 2.75) is 12.5 Å². The maximum Gasteiger partial charge on any atom is 0.261 e. The molecule has 5 rings (SSSR count). The number of rotatable bonds is 3. The average molecular weight is 389 g/mol. The summed E-state index contributed by atoms with van der Waals surface area (Å²) < 4.78 is 0. The highest BCUT2D eigenvalue weighted by molar-refractivity contribution is 5.95. The van der Waals surface area contributed by atoms with Crippen LogP contribution in [0.15, 0.2) is 41.3 Å². The van der Waals surface area contributed by atoms with Crippen molar-refractivity contribution in [3.8, 4) is 11.4 Å². The molecule has 4 aromatic rings. The molecule has 8 heteroatoms. The molecule has 1 aliphatic heterocycles. The highest BCUT2D eigenvalue weighted by atomic mass is 16.1. The van der Waals surface area contributed by atoms with Gasteiger partial charge in [0.05, 0.1) is 22.2 Å². The highest BCUT2D eigenvalue weighted by Gasteiger charge is 2.24. The third-order valence-corrected chi connectivity index (χ3v) is 5.77. The monoisotopic (exact) mass is 389 g/mol. The zero-order chi connectivity index (χ0) is 20.1. The molecule has 1 saturated heterocycles. The number of nitrogens with zero attached hydrogens (tertiary/aromatic N) is 4. The predicted molar refractivity (Wildman–Crippen MR) is 116 cm³/mol. The minimum absolute atomic E-state index is 0.282. The highest BCUT2D eigenvalue weighted by Crippen LogP contribution is 2.29. The first-order valence-corrected chi connectivity index (χ1v) is 9.69. The zero-order valence-electron chi connectivity index (χ0n) is 16.4. The minimum atomic E-state index is -0.282. The van der Waals surface area contributed by atoms with Crippen LogP contribution in [0.3, 0.4) is 0 Å². The topological polar surface area (TPSA) is 107 Å². The predicted octanol–water partition coefficient (Wildman–Crippen LogP) is 2.19. The number of nitrogens with one attached hydrogen (secondary N) is 2. The summed E-state index contributed by atoms with van der Waals surface area (Å²) in [7, 11) is 4.25. The van der Waals surface area contributed by atoms with Crippen LogP contribution in [0, 0.1) is 0 Å². The standard InChI is InChI=1S/C21H23N7O/c1-27(2)13-7-9-28(11-13)12-5-6-14-16(10-12)25-20(24-14)17-18(22)19-15(26-21(17)29)4-3-8-23-19/h3-6,8,10,13H,7,9,11H2,1-2H3,(H,24,25)(H3,22,26,29). The summed E-state index contributed by atoms with van der Waals surface area (Å²) >= 11 is 0. The third kappa shape index (κ3) is 2.92. The van der Waals surface area contributed by atoms with Gasteiger partial charge in [0.15, 0.2) is 0 Å². The van der Waals surface area contributed by atoms with Gasteiger partial charge in [0.25, 0.3) is 5.56 Å². The van der Waals surface area contributed by atoms with E-state index in [1.807, 2.05) is 6.07 Å². The quantitative estimate of drug-likeness (QED) is 0.496. The van der Waals surface area contributed by atoms with E-state index in [1.54, 1.807) is 18.3 Å². The van der Waals surface area contributed by atoms with Crippen LogP contribution in [0.4, 0.5) is 11.4 Å². The summed E-state index contributed by atoms with van der Waals surface area (Å²) in [5.74, 6) is 0.455. The molecule has 0 aliphatic carbocycles. The van der Waals surface area contributed by atoms with Crippen molar-refractivity contribution in [1.82, 2.24) is 24.8 Å². The smallest absolute Gasteiger partial charge is 0.261 e. The van der Waals surface area contributed by atoms with E-state index in [2.05, 4.69) is 56.0 Å². The van der Waals surface area contributed by atoms with Gasteiger partial charge in [-0.05, 0) is 50.8 Å². The molecule has 4 N–H and O–H groups in total. The van der Waals surface area contributed by atoms with Gasteiger partial charge in [-0.1, -0.05) is 0 Å². The maximum absolute atomic E-state index is 12.7. The van der Waals surface area contributed by atoms with Crippen LogP contribution in [-0.2, 0) is 0 Å². The van der Waals surface area contributed by atoms with Crippen molar-refractivity contribution in [2.75, 3.05) is 37.8 Å². The molecule has 1 fully saturated rings. The average Bonchev–Trinajstić information content (AvgIpc) is 3.34. The third-order valence-electron chi connectivity index (χ3n) is 5.77. The van der Waals surface area contributed by atoms with Gasteiger partial charge >= 0.3 is 0 Å². The number of likely N-dealkylation sites (N-methyl/N-ethyl adjacent to an activating group) is 1. The van der Waals surface area contributed by atoms with Crippen molar-refractivity contribution < 1.29 is 0 Å². The molecule has 4 heterocycles. The van der Waals surface area contributed by atoms with Crippen molar-refractivity contribution in [3.63, 3.8) is 0 Å². The number of anilines is 2. The van der Waals surface area contributed by atoms with Gasteiger partial charge in [-0.3, -0.25) is 9.78 Å².